The molecule has 3 heterocycles. The minimum Gasteiger partial charge on any atom is -0.377 e. The summed E-state index contributed by atoms with van der Waals surface area (Å²) in [5.74, 6) is 0.203. The molecule has 0 aromatic carbocycles. The van der Waals surface area contributed by atoms with Crippen molar-refractivity contribution in [2.75, 3.05) is 13.2 Å². The first kappa shape index (κ1) is 10.3. The van der Waals surface area contributed by atoms with Gasteiger partial charge in [0, 0.05) is 0 Å². The molecule has 0 saturated carbocycles. The summed E-state index contributed by atoms with van der Waals surface area (Å²) in [6.45, 7) is 3.46. The molecule has 4 heteroatoms. The molecule has 1 aromatic heterocycles. The maximum absolute atomic E-state index is 12.4. The van der Waals surface area contributed by atoms with E-state index in [2.05, 4.69) is 4.90 Å². The zero-order chi connectivity index (χ0) is 11.1. The van der Waals surface area contributed by atoms with E-state index >= 15 is 0 Å². The van der Waals surface area contributed by atoms with Gasteiger partial charge < -0.3 is 9.64 Å². The van der Waals surface area contributed by atoms with Gasteiger partial charge in [-0.1, -0.05) is 0 Å². The number of nitrogens with zero attached hydrogens (tertiary/aromatic N) is 1. The minimum absolute atomic E-state index is 0.203. The molecule has 2 aliphatic heterocycles. The number of hydrogen-bond acceptors (Lipinski definition) is 3. The van der Waals surface area contributed by atoms with E-state index in [1.165, 1.54) is 5.56 Å². The number of fused-ring (bicyclic) bond motifs is 2. The van der Waals surface area contributed by atoms with Crippen LogP contribution in [0.2, 0.25) is 0 Å². The molecule has 16 heavy (non-hydrogen) atoms. The summed E-state index contributed by atoms with van der Waals surface area (Å²) in [6.07, 6.45) is 2.20. The standard InChI is InChI=1S/C12H15NO2S/c1-8-4-11(16-7-8)12(14)13-9-2-3-10(13)6-15-5-9/h4,7,9-10H,2-3,5-6H2,1H3. The molecule has 0 spiro atoms. The third-order valence-electron chi connectivity index (χ3n) is 3.42. The van der Waals surface area contributed by atoms with Gasteiger partial charge in [-0.05, 0) is 36.8 Å². The van der Waals surface area contributed by atoms with Crippen LogP contribution in [0.15, 0.2) is 11.4 Å². The molecule has 1 amide bonds. The lowest BCUT2D eigenvalue weighted by molar-refractivity contribution is -0.00689. The maximum Gasteiger partial charge on any atom is 0.264 e. The zero-order valence-electron chi connectivity index (χ0n) is 9.31. The molecule has 1 aromatic rings. The van der Waals surface area contributed by atoms with E-state index in [1.54, 1.807) is 11.3 Å². The van der Waals surface area contributed by atoms with Gasteiger partial charge in [-0.25, -0.2) is 0 Å². The number of carbonyl (C=O) groups excluding carboxylic acids is 1. The number of rotatable bonds is 1. The Morgan fingerprint density at radius 1 is 1.44 bits per heavy atom. The molecule has 2 unspecified atom stereocenters. The summed E-state index contributed by atoms with van der Waals surface area (Å²) in [5, 5.41) is 2.04. The molecule has 3 rings (SSSR count). The number of amides is 1. The average Bonchev–Trinajstić information content (AvgIpc) is 2.80. The molecule has 3 nitrogen and oxygen atoms in total. The van der Waals surface area contributed by atoms with Crippen molar-refractivity contribution in [3.8, 4) is 0 Å². The minimum atomic E-state index is 0.203. The highest BCUT2D eigenvalue weighted by atomic mass is 32.1. The molecule has 2 bridgehead atoms. The lowest BCUT2D eigenvalue weighted by atomic mass is 10.2. The van der Waals surface area contributed by atoms with Crippen LogP contribution >= 0.6 is 11.3 Å². The van der Waals surface area contributed by atoms with Crippen molar-refractivity contribution in [2.24, 2.45) is 0 Å². The highest BCUT2D eigenvalue weighted by molar-refractivity contribution is 7.12. The molecule has 2 saturated heterocycles. The fraction of sp³-hybridized carbons (Fsp3) is 0.583. The molecular weight excluding hydrogens is 222 g/mol. The Balaban J connectivity index is 1.85. The largest absolute Gasteiger partial charge is 0.377 e. The topological polar surface area (TPSA) is 29.5 Å². The first-order valence-electron chi connectivity index (χ1n) is 5.71. The van der Waals surface area contributed by atoms with Crippen molar-refractivity contribution in [2.45, 2.75) is 31.8 Å². The highest BCUT2D eigenvalue weighted by Gasteiger charge is 2.40. The second kappa shape index (κ2) is 3.86. The van der Waals surface area contributed by atoms with Crippen LogP contribution in [0.1, 0.15) is 28.1 Å². The van der Waals surface area contributed by atoms with E-state index in [1.807, 2.05) is 18.4 Å². The van der Waals surface area contributed by atoms with E-state index in [4.69, 9.17) is 4.74 Å². The number of aryl methyl sites for hydroxylation is 1. The van der Waals surface area contributed by atoms with E-state index in [0.717, 1.165) is 17.7 Å². The summed E-state index contributed by atoms with van der Waals surface area (Å²) in [7, 11) is 0. The molecule has 2 fully saturated rings. The predicted octanol–water partition coefficient (Wildman–Crippen LogP) is 2.06. The zero-order valence-corrected chi connectivity index (χ0v) is 10.1. The Hall–Kier alpha value is -0.870. The Morgan fingerprint density at radius 3 is 2.69 bits per heavy atom. The van der Waals surface area contributed by atoms with E-state index < -0.39 is 0 Å². The normalized spacial score (nSPS) is 28.4. The summed E-state index contributed by atoms with van der Waals surface area (Å²) >= 11 is 1.55. The van der Waals surface area contributed by atoms with Crippen molar-refractivity contribution >= 4 is 17.2 Å². The van der Waals surface area contributed by atoms with Crippen molar-refractivity contribution in [1.82, 2.24) is 4.90 Å². The highest BCUT2D eigenvalue weighted by Crippen LogP contribution is 2.31. The molecule has 0 radical (unpaired) electrons. The molecule has 2 aliphatic rings. The van der Waals surface area contributed by atoms with Gasteiger partial charge in [0.25, 0.3) is 5.91 Å². The van der Waals surface area contributed by atoms with Gasteiger partial charge in [-0.15, -0.1) is 11.3 Å². The second-order valence-electron chi connectivity index (χ2n) is 4.62. The molecular formula is C12H15NO2S. The summed E-state index contributed by atoms with van der Waals surface area (Å²) < 4.78 is 5.49. The van der Waals surface area contributed by atoms with Crippen molar-refractivity contribution < 1.29 is 9.53 Å². The number of carbonyl (C=O) groups is 1. The predicted molar refractivity (Wildman–Crippen MR) is 62.9 cm³/mol. The van der Waals surface area contributed by atoms with Gasteiger partial charge in [0.2, 0.25) is 0 Å². The lowest BCUT2D eigenvalue weighted by Gasteiger charge is -2.34. The van der Waals surface area contributed by atoms with Gasteiger partial charge in [0.1, 0.15) is 0 Å². The van der Waals surface area contributed by atoms with Crippen LogP contribution in [-0.4, -0.2) is 36.1 Å². The Kier molecular flexibility index (Phi) is 2.48. The van der Waals surface area contributed by atoms with Gasteiger partial charge in [0.15, 0.2) is 0 Å². The van der Waals surface area contributed by atoms with Crippen LogP contribution in [0.5, 0.6) is 0 Å². The first-order valence-corrected chi connectivity index (χ1v) is 6.59. The Bertz CT molecular complexity index is 399. The smallest absolute Gasteiger partial charge is 0.264 e. The van der Waals surface area contributed by atoms with Crippen LogP contribution in [0.25, 0.3) is 0 Å². The quantitative estimate of drug-likeness (QED) is 0.748. The van der Waals surface area contributed by atoms with Crippen molar-refractivity contribution in [3.63, 3.8) is 0 Å². The summed E-state index contributed by atoms with van der Waals surface area (Å²) in [6, 6.07) is 2.62. The van der Waals surface area contributed by atoms with Crippen molar-refractivity contribution in [1.29, 1.82) is 0 Å². The average molecular weight is 237 g/mol. The SMILES string of the molecule is Cc1csc(C(=O)N2C3CCC2COC3)c1. The molecule has 0 N–H and O–H groups in total. The fourth-order valence-corrected chi connectivity index (χ4v) is 3.47. The third kappa shape index (κ3) is 1.57. The van der Waals surface area contributed by atoms with Crippen LogP contribution in [-0.2, 0) is 4.74 Å². The van der Waals surface area contributed by atoms with Gasteiger partial charge in [0.05, 0.1) is 30.2 Å². The van der Waals surface area contributed by atoms with Gasteiger partial charge >= 0.3 is 0 Å². The van der Waals surface area contributed by atoms with Gasteiger partial charge in [-0.2, -0.15) is 0 Å². The van der Waals surface area contributed by atoms with Crippen LogP contribution in [0.3, 0.4) is 0 Å². The number of morpholine rings is 1. The number of thiophene rings is 1. The van der Waals surface area contributed by atoms with Crippen LogP contribution in [0, 0.1) is 6.92 Å². The molecule has 2 atom stereocenters. The Morgan fingerprint density at radius 2 is 2.12 bits per heavy atom. The van der Waals surface area contributed by atoms with Gasteiger partial charge in [-0.3, -0.25) is 4.79 Å². The second-order valence-corrected chi connectivity index (χ2v) is 5.53. The summed E-state index contributed by atoms with van der Waals surface area (Å²) in [4.78, 5) is 15.3. The van der Waals surface area contributed by atoms with Crippen LogP contribution < -0.4 is 0 Å². The van der Waals surface area contributed by atoms with E-state index in [9.17, 15) is 4.79 Å². The van der Waals surface area contributed by atoms with E-state index in [0.29, 0.717) is 25.3 Å². The monoisotopic (exact) mass is 237 g/mol. The van der Waals surface area contributed by atoms with E-state index in [-0.39, 0.29) is 5.91 Å². The molecule has 86 valence electrons. The maximum atomic E-state index is 12.4. The summed E-state index contributed by atoms with van der Waals surface area (Å²) in [5.41, 5.74) is 1.17. The molecule has 0 aliphatic carbocycles. The first-order chi connectivity index (χ1) is 7.75. The Labute approximate surface area is 99.0 Å². The van der Waals surface area contributed by atoms with Crippen LogP contribution in [0.4, 0.5) is 0 Å². The third-order valence-corrected chi connectivity index (χ3v) is 4.45. The fourth-order valence-electron chi connectivity index (χ4n) is 2.63. The van der Waals surface area contributed by atoms with Crippen molar-refractivity contribution in [3.05, 3.63) is 21.9 Å². The number of hydrogen-bond donors (Lipinski definition) is 0. The lowest BCUT2D eigenvalue weighted by Crippen LogP contribution is -2.48. The number of ether oxygens (including phenoxy) is 1.